The SMILES string of the molecule is CN(CCCNC(=O)c1ccc(Cl)c(NS(=O)(=O)c2ccc(F)cc2)c1)Cc1ccccc1. The van der Waals surface area contributed by atoms with Crippen LogP contribution in [-0.4, -0.2) is 39.4 Å². The molecule has 0 fully saturated rings. The van der Waals surface area contributed by atoms with Gasteiger partial charge in [-0.2, -0.15) is 0 Å². The number of halogens is 2. The van der Waals surface area contributed by atoms with Crippen LogP contribution in [-0.2, 0) is 16.6 Å². The summed E-state index contributed by atoms with van der Waals surface area (Å²) < 4.78 is 40.6. The zero-order valence-corrected chi connectivity index (χ0v) is 19.7. The second kappa shape index (κ2) is 11.3. The number of benzene rings is 3. The monoisotopic (exact) mass is 489 g/mol. The Bertz CT molecular complexity index is 1190. The standard InChI is InChI=1S/C24H25ClFN3O3S/c1-29(17-18-6-3-2-4-7-18)15-5-14-27-24(30)19-8-13-22(25)23(16-19)28-33(31,32)21-11-9-20(26)10-12-21/h2-4,6-13,16,28H,5,14-15,17H2,1H3,(H,27,30). The second-order valence-electron chi connectivity index (χ2n) is 7.59. The average molecular weight is 490 g/mol. The van der Waals surface area contributed by atoms with E-state index in [1.54, 1.807) is 0 Å². The van der Waals surface area contributed by atoms with Gasteiger partial charge in [0.05, 0.1) is 15.6 Å². The van der Waals surface area contributed by atoms with E-state index in [-0.39, 0.29) is 27.1 Å². The molecule has 9 heteroatoms. The Hall–Kier alpha value is -2.94. The van der Waals surface area contributed by atoms with Crippen LogP contribution in [0.3, 0.4) is 0 Å². The van der Waals surface area contributed by atoms with Crippen LogP contribution in [0.25, 0.3) is 0 Å². The molecule has 6 nitrogen and oxygen atoms in total. The maximum absolute atomic E-state index is 13.1. The Morgan fingerprint density at radius 1 is 1.03 bits per heavy atom. The second-order valence-corrected chi connectivity index (χ2v) is 9.68. The molecule has 0 saturated carbocycles. The van der Waals surface area contributed by atoms with E-state index in [1.807, 2.05) is 25.2 Å². The maximum Gasteiger partial charge on any atom is 0.261 e. The number of carbonyl (C=O) groups is 1. The Morgan fingerprint density at radius 2 is 1.73 bits per heavy atom. The summed E-state index contributed by atoms with van der Waals surface area (Å²) in [6.45, 7) is 2.10. The first kappa shape index (κ1) is 24.7. The molecule has 0 heterocycles. The Kier molecular flexibility index (Phi) is 8.43. The number of carbonyl (C=O) groups excluding carboxylic acids is 1. The summed E-state index contributed by atoms with van der Waals surface area (Å²) in [6, 6.07) is 18.9. The Balaban J connectivity index is 1.55. The third-order valence-electron chi connectivity index (χ3n) is 4.89. The van der Waals surface area contributed by atoms with Crippen molar-refractivity contribution >= 4 is 33.2 Å². The molecular weight excluding hydrogens is 465 g/mol. The van der Waals surface area contributed by atoms with Crippen molar-refractivity contribution in [1.82, 2.24) is 10.2 Å². The van der Waals surface area contributed by atoms with E-state index in [2.05, 4.69) is 27.1 Å². The number of nitrogens with zero attached hydrogens (tertiary/aromatic N) is 1. The van der Waals surface area contributed by atoms with Gasteiger partial charge in [0.15, 0.2) is 0 Å². The molecule has 0 radical (unpaired) electrons. The van der Waals surface area contributed by atoms with E-state index in [0.717, 1.165) is 43.8 Å². The fourth-order valence-electron chi connectivity index (χ4n) is 3.19. The Morgan fingerprint density at radius 3 is 2.42 bits per heavy atom. The van der Waals surface area contributed by atoms with Crippen LogP contribution in [0.15, 0.2) is 77.7 Å². The predicted octanol–water partition coefficient (Wildman–Crippen LogP) is 4.53. The third-order valence-corrected chi connectivity index (χ3v) is 6.61. The number of hydrogen-bond acceptors (Lipinski definition) is 4. The first-order valence-corrected chi connectivity index (χ1v) is 12.2. The lowest BCUT2D eigenvalue weighted by atomic mass is 10.2. The summed E-state index contributed by atoms with van der Waals surface area (Å²) in [7, 11) is -1.97. The highest BCUT2D eigenvalue weighted by molar-refractivity contribution is 7.92. The maximum atomic E-state index is 13.1. The molecule has 33 heavy (non-hydrogen) atoms. The fraction of sp³-hybridized carbons (Fsp3) is 0.208. The van der Waals surface area contributed by atoms with Gasteiger partial charge in [-0.15, -0.1) is 0 Å². The van der Waals surface area contributed by atoms with E-state index in [9.17, 15) is 17.6 Å². The number of anilines is 1. The van der Waals surface area contributed by atoms with Crippen LogP contribution in [0.2, 0.25) is 5.02 Å². The first-order valence-electron chi connectivity index (χ1n) is 10.3. The van der Waals surface area contributed by atoms with Crippen LogP contribution in [0.4, 0.5) is 10.1 Å². The molecule has 0 saturated heterocycles. The van der Waals surface area contributed by atoms with Gasteiger partial charge >= 0.3 is 0 Å². The Labute approximate surface area is 198 Å². The van der Waals surface area contributed by atoms with Crippen molar-refractivity contribution in [3.05, 3.63) is 94.8 Å². The highest BCUT2D eigenvalue weighted by Gasteiger charge is 2.17. The van der Waals surface area contributed by atoms with Gasteiger partial charge in [0.2, 0.25) is 0 Å². The highest BCUT2D eigenvalue weighted by Crippen LogP contribution is 2.26. The number of sulfonamides is 1. The normalized spacial score (nSPS) is 11.4. The van der Waals surface area contributed by atoms with Gasteiger partial charge in [0.1, 0.15) is 5.82 Å². The van der Waals surface area contributed by atoms with E-state index >= 15 is 0 Å². The smallest absolute Gasteiger partial charge is 0.261 e. The molecule has 3 rings (SSSR count). The molecule has 0 spiro atoms. The molecule has 0 aromatic heterocycles. The lowest BCUT2D eigenvalue weighted by Crippen LogP contribution is -2.28. The van der Waals surface area contributed by atoms with Gasteiger partial charge in [-0.1, -0.05) is 41.9 Å². The van der Waals surface area contributed by atoms with Crippen LogP contribution in [0, 0.1) is 5.82 Å². The topological polar surface area (TPSA) is 78.5 Å². The van der Waals surface area contributed by atoms with Gasteiger partial charge in [0.25, 0.3) is 15.9 Å². The van der Waals surface area contributed by atoms with Crippen molar-refractivity contribution in [1.29, 1.82) is 0 Å². The lowest BCUT2D eigenvalue weighted by Gasteiger charge is -2.17. The van der Waals surface area contributed by atoms with Crippen molar-refractivity contribution in [2.75, 3.05) is 24.9 Å². The van der Waals surface area contributed by atoms with Crippen LogP contribution in [0.1, 0.15) is 22.3 Å². The minimum Gasteiger partial charge on any atom is -0.352 e. The van der Waals surface area contributed by atoms with Crippen LogP contribution < -0.4 is 10.0 Å². The number of rotatable bonds is 10. The quantitative estimate of drug-likeness (QED) is 0.410. The fourth-order valence-corrected chi connectivity index (χ4v) is 4.48. The van der Waals surface area contributed by atoms with Crippen LogP contribution >= 0.6 is 11.6 Å². The van der Waals surface area contributed by atoms with Crippen molar-refractivity contribution in [2.45, 2.75) is 17.9 Å². The van der Waals surface area contributed by atoms with Gasteiger partial charge < -0.3 is 10.2 Å². The van der Waals surface area contributed by atoms with Crippen molar-refractivity contribution in [3.63, 3.8) is 0 Å². The molecule has 174 valence electrons. The minimum absolute atomic E-state index is 0.0660. The lowest BCUT2D eigenvalue weighted by molar-refractivity contribution is 0.0952. The van der Waals surface area contributed by atoms with Crippen LogP contribution in [0.5, 0.6) is 0 Å². The van der Waals surface area contributed by atoms with E-state index in [4.69, 9.17) is 11.6 Å². The molecule has 0 aliphatic heterocycles. The number of amides is 1. The summed E-state index contributed by atoms with van der Waals surface area (Å²) >= 11 is 6.12. The number of nitrogens with one attached hydrogen (secondary N) is 2. The molecule has 0 bridgehead atoms. The molecule has 0 atom stereocenters. The molecule has 2 N–H and O–H groups in total. The zero-order valence-electron chi connectivity index (χ0n) is 18.1. The predicted molar refractivity (Wildman–Crippen MR) is 128 cm³/mol. The van der Waals surface area contributed by atoms with Gasteiger partial charge in [0, 0.05) is 18.7 Å². The van der Waals surface area contributed by atoms with Gasteiger partial charge in [-0.05, 0) is 68.0 Å². The summed E-state index contributed by atoms with van der Waals surface area (Å²) in [5.74, 6) is -0.878. The summed E-state index contributed by atoms with van der Waals surface area (Å²) in [5.41, 5.74) is 1.56. The molecular formula is C24H25ClFN3O3S. The van der Waals surface area contributed by atoms with Crippen molar-refractivity contribution in [3.8, 4) is 0 Å². The van der Waals surface area contributed by atoms with Gasteiger partial charge in [-0.3, -0.25) is 9.52 Å². The summed E-state index contributed by atoms with van der Waals surface area (Å²) in [4.78, 5) is 14.6. The van der Waals surface area contributed by atoms with E-state index < -0.39 is 15.8 Å². The van der Waals surface area contributed by atoms with Gasteiger partial charge in [-0.25, -0.2) is 12.8 Å². The summed E-state index contributed by atoms with van der Waals surface area (Å²) in [6.07, 6.45) is 0.757. The van der Waals surface area contributed by atoms with Crippen molar-refractivity contribution < 1.29 is 17.6 Å². The molecule has 0 unspecified atom stereocenters. The number of hydrogen-bond donors (Lipinski definition) is 2. The molecule has 0 aliphatic carbocycles. The molecule has 0 aliphatic rings. The minimum atomic E-state index is -3.99. The molecule has 3 aromatic rings. The first-order chi connectivity index (χ1) is 15.7. The highest BCUT2D eigenvalue weighted by atomic mass is 35.5. The molecule has 3 aromatic carbocycles. The van der Waals surface area contributed by atoms with E-state index in [0.29, 0.717) is 6.54 Å². The van der Waals surface area contributed by atoms with Crippen molar-refractivity contribution in [2.24, 2.45) is 0 Å². The van der Waals surface area contributed by atoms with E-state index in [1.165, 1.54) is 23.8 Å². The third kappa shape index (κ3) is 7.28. The average Bonchev–Trinajstić information content (AvgIpc) is 2.79. The molecule has 1 amide bonds. The zero-order chi connectivity index (χ0) is 23.8. The summed E-state index contributed by atoms with van der Waals surface area (Å²) in [5, 5.41) is 2.98. The largest absolute Gasteiger partial charge is 0.352 e.